The van der Waals surface area contributed by atoms with Crippen LogP contribution >= 0.6 is 15.9 Å². The molecule has 1 heterocycles. The van der Waals surface area contributed by atoms with Crippen molar-refractivity contribution in [3.63, 3.8) is 0 Å². The second kappa shape index (κ2) is 8.76. The molecule has 1 aliphatic carbocycles. The highest BCUT2D eigenvalue weighted by Crippen LogP contribution is 2.45. The Morgan fingerprint density at radius 2 is 1.97 bits per heavy atom. The van der Waals surface area contributed by atoms with Crippen LogP contribution in [0.5, 0.6) is 0 Å². The zero-order valence-corrected chi connectivity index (χ0v) is 19.3. The summed E-state index contributed by atoms with van der Waals surface area (Å²) in [6.07, 6.45) is 0.205. The molecule has 1 aromatic carbocycles. The Labute approximate surface area is 184 Å². The molecule has 0 radical (unpaired) electrons. The van der Waals surface area contributed by atoms with Gasteiger partial charge in [-0.1, -0.05) is 35.0 Å². The van der Waals surface area contributed by atoms with Gasteiger partial charge in [0.05, 0.1) is 18.8 Å². The lowest BCUT2D eigenvalue weighted by molar-refractivity contribution is -0.151. The van der Waals surface area contributed by atoms with Gasteiger partial charge in [-0.15, -0.1) is 0 Å². The number of allylic oxidation sites excluding steroid dienone is 3. The predicted octanol–water partition coefficient (Wildman–Crippen LogP) is 4.01. The third-order valence-electron chi connectivity index (χ3n) is 5.49. The second-order valence-electron chi connectivity index (χ2n) is 8.04. The molecule has 1 aromatic rings. The number of esters is 2. The fraction of sp³-hybridized carbons (Fsp3) is 0.435. The van der Waals surface area contributed by atoms with E-state index in [1.165, 1.54) is 7.11 Å². The Balaban J connectivity index is 2.19. The molecule has 7 heteroatoms. The second-order valence-corrected chi connectivity index (χ2v) is 8.96. The summed E-state index contributed by atoms with van der Waals surface area (Å²) in [7, 11) is 1.28. The minimum atomic E-state index is -0.897. The van der Waals surface area contributed by atoms with Crippen LogP contribution in [0.4, 0.5) is 0 Å². The Kier molecular flexibility index (Phi) is 6.50. The SMILES string of the molecule is COC(=O)C1C(=O)C2=C(CC1C)NC(C)=C(C(=O)OC(C)C)C2c1cccc(Br)c1. The summed E-state index contributed by atoms with van der Waals surface area (Å²) in [6.45, 7) is 7.24. The van der Waals surface area contributed by atoms with E-state index in [-0.39, 0.29) is 17.8 Å². The van der Waals surface area contributed by atoms with Gasteiger partial charge in [-0.3, -0.25) is 9.59 Å². The number of hydrogen-bond donors (Lipinski definition) is 1. The zero-order valence-electron chi connectivity index (χ0n) is 17.7. The molecule has 160 valence electrons. The van der Waals surface area contributed by atoms with E-state index in [0.717, 1.165) is 15.7 Å². The van der Waals surface area contributed by atoms with Crippen LogP contribution in [-0.2, 0) is 23.9 Å². The smallest absolute Gasteiger partial charge is 0.337 e. The third-order valence-corrected chi connectivity index (χ3v) is 5.98. The summed E-state index contributed by atoms with van der Waals surface area (Å²) in [5.74, 6) is -3.08. The van der Waals surface area contributed by atoms with E-state index >= 15 is 0 Å². The Morgan fingerprint density at radius 1 is 1.27 bits per heavy atom. The summed E-state index contributed by atoms with van der Waals surface area (Å²) < 4.78 is 11.2. The van der Waals surface area contributed by atoms with Crippen molar-refractivity contribution in [1.82, 2.24) is 5.32 Å². The molecule has 1 N–H and O–H groups in total. The third kappa shape index (κ3) is 4.08. The molecule has 0 spiro atoms. The number of hydrogen-bond acceptors (Lipinski definition) is 6. The van der Waals surface area contributed by atoms with Gasteiger partial charge in [-0.05, 0) is 50.8 Å². The van der Waals surface area contributed by atoms with Crippen molar-refractivity contribution >= 4 is 33.7 Å². The van der Waals surface area contributed by atoms with Crippen molar-refractivity contribution in [3.8, 4) is 0 Å². The molecule has 0 bridgehead atoms. The van der Waals surface area contributed by atoms with Gasteiger partial charge in [0.1, 0.15) is 5.92 Å². The molecule has 3 atom stereocenters. The molecule has 2 aliphatic rings. The minimum Gasteiger partial charge on any atom is -0.468 e. The van der Waals surface area contributed by atoms with Gasteiger partial charge in [0.15, 0.2) is 5.78 Å². The molecule has 0 saturated carbocycles. The number of dihydropyridines is 1. The van der Waals surface area contributed by atoms with Crippen LogP contribution in [0.25, 0.3) is 0 Å². The summed E-state index contributed by atoms with van der Waals surface area (Å²) in [6, 6.07) is 7.50. The summed E-state index contributed by atoms with van der Waals surface area (Å²) in [5.41, 5.74) is 2.99. The van der Waals surface area contributed by atoms with Crippen molar-refractivity contribution in [2.24, 2.45) is 11.8 Å². The van der Waals surface area contributed by atoms with Crippen molar-refractivity contribution in [2.75, 3.05) is 7.11 Å². The van der Waals surface area contributed by atoms with Crippen LogP contribution in [0.2, 0.25) is 0 Å². The first-order valence-corrected chi connectivity index (χ1v) is 10.7. The summed E-state index contributed by atoms with van der Waals surface area (Å²) in [5, 5.41) is 3.25. The predicted molar refractivity (Wildman–Crippen MR) is 115 cm³/mol. The van der Waals surface area contributed by atoms with Crippen molar-refractivity contribution in [1.29, 1.82) is 0 Å². The van der Waals surface area contributed by atoms with E-state index in [4.69, 9.17) is 9.47 Å². The van der Waals surface area contributed by atoms with E-state index in [1.807, 2.05) is 38.1 Å². The van der Waals surface area contributed by atoms with Crippen LogP contribution < -0.4 is 5.32 Å². The molecule has 30 heavy (non-hydrogen) atoms. The van der Waals surface area contributed by atoms with Crippen LogP contribution in [-0.4, -0.2) is 30.9 Å². The Hall–Kier alpha value is -2.41. The Bertz CT molecular complexity index is 962. The molecule has 0 amide bonds. The van der Waals surface area contributed by atoms with E-state index in [9.17, 15) is 14.4 Å². The lowest BCUT2D eigenvalue weighted by Crippen LogP contribution is -2.43. The molecular formula is C23H26BrNO5. The normalized spacial score (nSPS) is 23.8. The standard InChI is InChI=1S/C23H26BrNO5/c1-11(2)30-23(28)18-13(4)25-16-9-12(3)17(22(27)29-5)21(26)20(16)19(18)14-7-6-8-15(24)10-14/h6-8,10-12,17,19,25H,9H2,1-5H3. The van der Waals surface area contributed by atoms with Crippen molar-refractivity contribution in [3.05, 3.63) is 56.8 Å². The molecule has 1 aliphatic heterocycles. The van der Waals surface area contributed by atoms with Gasteiger partial charge in [-0.25, -0.2) is 4.79 Å². The average Bonchev–Trinajstić information content (AvgIpc) is 2.65. The van der Waals surface area contributed by atoms with Gasteiger partial charge in [0, 0.05) is 27.4 Å². The number of ketones is 1. The topological polar surface area (TPSA) is 81.7 Å². The number of carbonyl (C=O) groups excluding carboxylic acids is 3. The Morgan fingerprint density at radius 3 is 2.57 bits per heavy atom. The number of halogens is 1. The maximum Gasteiger partial charge on any atom is 0.337 e. The number of benzene rings is 1. The quantitative estimate of drug-likeness (QED) is 0.523. The number of Topliss-reactive ketones (excluding diaryl/α,β-unsaturated/α-hetero) is 1. The highest BCUT2D eigenvalue weighted by molar-refractivity contribution is 9.10. The fourth-order valence-corrected chi connectivity index (χ4v) is 4.67. The van der Waals surface area contributed by atoms with Crippen molar-refractivity contribution in [2.45, 2.75) is 46.1 Å². The first kappa shape index (κ1) is 22.3. The minimum absolute atomic E-state index is 0.212. The largest absolute Gasteiger partial charge is 0.468 e. The van der Waals surface area contributed by atoms with E-state index in [1.54, 1.807) is 13.8 Å². The molecule has 0 fully saturated rings. The van der Waals surface area contributed by atoms with Gasteiger partial charge in [0.25, 0.3) is 0 Å². The first-order valence-electron chi connectivity index (χ1n) is 9.95. The fourth-order valence-electron chi connectivity index (χ4n) is 4.25. The maximum absolute atomic E-state index is 13.6. The number of ether oxygens (including phenoxy) is 2. The van der Waals surface area contributed by atoms with Crippen LogP contribution in [0.3, 0.4) is 0 Å². The van der Waals surface area contributed by atoms with E-state index < -0.39 is 23.8 Å². The number of methoxy groups -OCH3 is 1. The first-order chi connectivity index (χ1) is 14.1. The van der Waals surface area contributed by atoms with Gasteiger partial charge in [-0.2, -0.15) is 0 Å². The van der Waals surface area contributed by atoms with Crippen molar-refractivity contribution < 1.29 is 23.9 Å². The van der Waals surface area contributed by atoms with Crippen LogP contribution in [0.15, 0.2) is 51.3 Å². The summed E-state index contributed by atoms with van der Waals surface area (Å²) >= 11 is 3.48. The molecule has 0 aromatic heterocycles. The van der Waals surface area contributed by atoms with E-state index in [0.29, 0.717) is 23.3 Å². The number of rotatable bonds is 4. The molecule has 3 rings (SSSR count). The highest BCUT2D eigenvalue weighted by Gasteiger charge is 2.47. The summed E-state index contributed by atoms with van der Waals surface area (Å²) in [4.78, 5) is 39.0. The zero-order chi connectivity index (χ0) is 22.2. The molecular weight excluding hydrogens is 450 g/mol. The number of carbonyl (C=O) groups is 3. The lowest BCUT2D eigenvalue weighted by Gasteiger charge is -2.38. The number of nitrogens with one attached hydrogen (secondary N) is 1. The highest BCUT2D eigenvalue weighted by atomic mass is 79.9. The molecule has 0 saturated heterocycles. The monoisotopic (exact) mass is 475 g/mol. The van der Waals surface area contributed by atoms with Gasteiger partial charge >= 0.3 is 11.9 Å². The van der Waals surface area contributed by atoms with E-state index in [2.05, 4.69) is 21.2 Å². The van der Waals surface area contributed by atoms with Gasteiger partial charge in [0.2, 0.25) is 0 Å². The molecule has 6 nitrogen and oxygen atoms in total. The van der Waals surface area contributed by atoms with Gasteiger partial charge < -0.3 is 14.8 Å². The average molecular weight is 476 g/mol. The van der Waals surface area contributed by atoms with Crippen LogP contribution in [0, 0.1) is 11.8 Å². The van der Waals surface area contributed by atoms with Crippen LogP contribution in [0.1, 0.15) is 45.6 Å². The maximum atomic E-state index is 13.6. The lowest BCUT2D eigenvalue weighted by atomic mass is 9.69. The molecule has 3 unspecified atom stereocenters.